The summed E-state index contributed by atoms with van der Waals surface area (Å²) in [6, 6.07) is 7.65. The van der Waals surface area contributed by atoms with Crippen molar-refractivity contribution in [2.75, 3.05) is 25.4 Å². The molecule has 1 rings (SSSR count). The quantitative estimate of drug-likeness (QED) is 0.641. The van der Waals surface area contributed by atoms with E-state index in [4.69, 9.17) is 10.8 Å². The Labute approximate surface area is 109 Å². The van der Waals surface area contributed by atoms with E-state index in [0.29, 0.717) is 18.3 Å². The predicted molar refractivity (Wildman–Crippen MR) is 74.2 cm³/mol. The average Bonchev–Trinajstić information content (AvgIpc) is 2.34. The van der Waals surface area contributed by atoms with E-state index in [2.05, 4.69) is 18.7 Å². The number of hydrogen-bond donors (Lipinski definition) is 3. The number of nitrogens with two attached hydrogens (primary N) is 1. The molecule has 0 aliphatic carbocycles. The maximum atomic E-state index is 10.2. The van der Waals surface area contributed by atoms with Crippen molar-refractivity contribution in [3.63, 3.8) is 0 Å². The van der Waals surface area contributed by atoms with Crippen molar-refractivity contribution in [1.82, 2.24) is 4.90 Å². The molecule has 0 amide bonds. The van der Waals surface area contributed by atoms with Crippen molar-refractivity contribution in [3.05, 3.63) is 29.8 Å². The zero-order valence-corrected chi connectivity index (χ0v) is 11.2. The van der Waals surface area contributed by atoms with E-state index < -0.39 is 6.10 Å². The minimum atomic E-state index is -0.522. The summed E-state index contributed by atoms with van der Waals surface area (Å²) in [6.07, 6.45) is 0.207. The van der Waals surface area contributed by atoms with Gasteiger partial charge in [0.1, 0.15) is 0 Å². The third kappa shape index (κ3) is 4.64. The van der Waals surface area contributed by atoms with Crippen LogP contribution in [-0.4, -0.2) is 40.9 Å². The zero-order valence-electron chi connectivity index (χ0n) is 11.2. The van der Waals surface area contributed by atoms with Crippen LogP contribution in [0.25, 0.3) is 0 Å². The maximum absolute atomic E-state index is 10.2. The Bertz CT molecular complexity index is 338. The van der Waals surface area contributed by atoms with Gasteiger partial charge in [-0.3, -0.25) is 4.90 Å². The van der Waals surface area contributed by atoms with Crippen molar-refractivity contribution >= 4 is 5.69 Å². The molecular formula is C14H24N2O2. The molecule has 0 spiro atoms. The molecule has 4 N–H and O–H groups in total. The molecule has 4 nitrogen and oxygen atoms in total. The molecule has 0 fully saturated rings. The van der Waals surface area contributed by atoms with E-state index in [1.54, 1.807) is 12.1 Å². The number of aliphatic hydroxyl groups is 2. The smallest absolute Gasteiger partial charge is 0.0917 e. The molecule has 1 aromatic carbocycles. The van der Waals surface area contributed by atoms with Gasteiger partial charge in [-0.25, -0.2) is 0 Å². The summed E-state index contributed by atoms with van der Waals surface area (Å²) in [7, 11) is 0. The second-order valence-corrected chi connectivity index (χ2v) is 4.85. The zero-order chi connectivity index (χ0) is 13.5. The first-order chi connectivity index (χ1) is 8.54. The lowest BCUT2D eigenvalue weighted by atomic mass is 10.1. The molecule has 0 bridgehead atoms. The third-order valence-corrected chi connectivity index (χ3v) is 3.06. The first-order valence-electron chi connectivity index (χ1n) is 6.43. The molecule has 0 saturated carbocycles. The summed E-state index contributed by atoms with van der Waals surface area (Å²) in [6.45, 7) is 5.73. The Morgan fingerprint density at radius 1 is 1.22 bits per heavy atom. The Balaban J connectivity index is 2.59. The summed E-state index contributed by atoms with van der Waals surface area (Å²) in [4.78, 5) is 2.16. The van der Waals surface area contributed by atoms with Gasteiger partial charge in [0.25, 0.3) is 0 Å². The highest BCUT2D eigenvalue weighted by atomic mass is 16.3. The van der Waals surface area contributed by atoms with Crippen LogP contribution in [0.15, 0.2) is 24.3 Å². The predicted octanol–water partition coefficient (Wildman–Crippen LogP) is 1.39. The lowest BCUT2D eigenvalue weighted by molar-refractivity contribution is 0.0904. The number of aliphatic hydroxyl groups excluding tert-OH is 2. The molecule has 0 aromatic heterocycles. The van der Waals surface area contributed by atoms with Crippen LogP contribution in [0.1, 0.15) is 31.9 Å². The largest absolute Gasteiger partial charge is 0.399 e. The van der Waals surface area contributed by atoms with Crippen molar-refractivity contribution in [2.24, 2.45) is 0 Å². The normalized spacial score (nSPS) is 13.2. The fourth-order valence-electron chi connectivity index (χ4n) is 1.88. The van der Waals surface area contributed by atoms with E-state index >= 15 is 0 Å². The Hall–Kier alpha value is -1.10. The summed E-state index contributed by atoms with van der Waals surface area (Å²) in [5.74, 6) is 0. The minimum Gasteiger partial charge on any atom is -0.399 e. The van der Waals surface area contributed by atoms with Crippen molar-refractivity contribution in [1.29, 1.82) is 0 Å². The van der Waals surface area contributed by atoms with Crippen molar-refractivity contribution in [3.8, 4) is 0 Å². The highest BCUT2D eigenvalue weighted by molar-refractivity contribution is 5.39. The molecule has 1 unspecified atom stereocenters. The number of hydrogen-bond acceptors (Lipinski definition) is 4. The molecule has 102 valence electrons. The Morgan fingerprint density at radius 2 is 1.83 bits per heavy atom. The van der Waals surface area contributed by atoms with Gasteiger partial charge in [-0.05, 0) is 38.0 Å². The van der Waals surface area contributed by atoms with Crippen LogP contribution >= 0.6 is 0 Å². The minimum absolute atomic E-state index is 0.182. The average molecular weight is 252 g/mol. The van der Waals surface area contributed by atoms with Crippen LogP contribution < -0.4 is 5.73 Å². The second kappa shape index (κ2) is 7.36. The van der Waals surface area contributed by atoms with Gasteiger partial charge in [-0.15, -0.1) is 0 Å². The highest BCUT2D eigenvalue weighted by Crippen LogP contribution is 2.17. The molecule has 0 heterocycles. The van der Waals surface area contributed by atoms with Gasteiger partial charge in [-0.1, -0.05) is 12.1 Å². The number of benzene rings is 1. The number of nitrogen functional groups attached to an aromatic ring is 1. The molecule has 4 heteroatoms. The van der Waals surface area contributed by atoms with Crippen molar-refractivity contribution < 1.29 is 10.2 Å². The van der Waals surface area contributed by atoms with Gasteiger partial charge in [0, 0.05) is 31.4 Å². The molecule has 0 saturated heterocycles. The van der Waals surface area contributed by atoms with E-state index in [0.717, 1.165) is 18.5 Å². The fraction of sp³-hybridized carbons (Fsp3) is 0.571. The van der Waals surface area contributed by atoms with E-state index in [1.165, 1.54) is 0 Å². The van der Waals surface area contributed by atoms with Gasteiger partial charge < -0.3 is 15.9 Å². The Kier molecular flexibility index (Phi) is 6.12. The van der Waals surface area contributed by atoms with Crippen LogP contribution in [-0.2, 0) is 0 Å². The van der Waals surface area contributed by atoms with Crippen LogP contribution in [0.2, 0.25) is 0 Å². The molecular weight excluding hydrogens is 228 g/mol. The van der Waals surface area contributed by atoms with Crippen molar-refractivity contribution in [2.45, 2.75) is 32.4 Å². The SMILES string of the molecule is CC(C)N(CCCO)CC(O)c1ccc(N)cc1. The first kappa shape index (κ1) is 15.0. The highest BCUT2D eigenvalue weighted by Gasteiger charge is 2.15. The van der Waals surface area contributed by atoms with Gasteiger partial charge >= 0.3 is 0 Å². The molecule has 1 aromatic rings. The summed E-state index contributed by atoms with van der Waals surface area (Å²) in [5, 5.41) is 19.1. The topological polar surface area (TPSA) is 69.7 Å². The van der Waals surface area contributed by atoms with E-state index in [1.807, 2.05) is 12.1 Å². The third-order valence-electron chi connectivity index (χ3n) is 3.06. The summed E-state index contributed by atoms with van der Waals surface area (Å²) in [5.41, 5.74) is 7.20. The lowest BCUT2D eigenvalue weighted by Gasteiger charge is -2.28. The number of nitrogens with zero attached hydrogens (tertiary/aromatic N) is 1. The van der Waals surface area contributed by atoms with Crippen LogP contribution in [0.5, 0.6) is 0 Å². The monoisotopic (exact) mass is 252 g/mol. The van der Waals surface area contributed by atoms with Gasteiger partial charge in [0.05, 0.1) is 6.10 Å². The number of rotatable bonds is 7. The van der Waals surface area contributed by atoms with E-state index in [-0.39, 0.29) is 6.61 Å². The van der Waals surface area contributed by atoms with Crippen LogP contribution in [0.3, 0.4) is 0 Å². The molecule has 0 aliphatic heterocycles. The Morgan fingerprint density at radius 3 is 2.33 bits per heavy atom. The molecule has 1 atom stereocenters. The lowest BCUT2D eigenvalue weighted by Crippen LogP contribution is -2.35. The molecule has 0 aliphatic rings. The second-order valence-electron chi connectivity index (χ2n) is 4.85. The first-order valence-corrected chi connectivity index (χ1v) is 6.43. The van der Waals surface area contributed by atoms with Gasteiger partial charge in [0.2, 0.25) is 0 Å². The van der Waals surface area contributed by atoms with Gasteiger partial charge in [0.15, 0.2) is 0 Å². The maximum Gasteiger partial charge on any atom is 0.0917 e. The summed E-state index contributed by atoms with van der Waals surface area (Å²) >= 11 is 0. The molecule has 18 heavy (non-hydrogen) atoms. The number of anilines is 1. The fourth-order valence-corrected chi connectivity index (χ4v) is 1.88. The summed E-state index contributed by atoms with van der Waals surface area (Å²) < 4.78 is 0. The van der Waals surface area contributed by atoms with E-state index in [9.17, 15) is 5.11 Å². The van der Waals surface area contributed by atoms with Crippen LogP contribution in [0, 0.1) is 0 Å². The van der Waals surface area contributed by atoms with Gasteiger partial charge in [-0.2, -0.15) is 0 Å². The standard InChI is InChI=1S/C14H24N2O2/c1-11(2)16(8-3-9-17)10-14(18)12-4-6-13(15)7-5-12/h4-7,11,14,17-18H,3,8-10,15H2,1-2H3. The van der Waals surface area contributed by atoms with Crippen LogP contribution in [0.4, 0.5) is 5.69 Å². The molecule has 0 radical (unpaired) electrons.